The van der Waals surface area contributed by atoms with Gasteiger partial charge in [0.2, 0.25) is 0 Å². The SMILES string of the molecule is O=C(O)CCC(C(=O)O)n1ccnc1.O=S(=O)(O)O. The van der Waals surface area contributed by atoms with Crippen LogP contribution in [0.1, 0.15) is 18.9 Å². The Bertz CT molecular complexity index is 501. The molecular formula is C8H12N2O8S. The van der Waals surface area contributed by atoms with Crippen molar-refractivity contribution in [1.82, 2.24) is 9.55 Å². The topological polar surface area (TPSA) is 167 Å². The largest absolute Gasteiger partial charge is 0.481 e. The lowest BCUT2D eigenvalue weighted by molar-refractivity contribution is -0.142. The summed E-state index contributed by atoms with van der Waals surface area (Å²) in [6.45, 7) is 0. The molecule has 0 spiro atoms. The van der Waals surface area contributed by atoms with Crippen molar-refractivity contribution in [3.63, 3.8) is 0 Å². The van der Waals surface area contributed by atoms with Crippen LogP contribution in [0, 0.1) is 0 Å². The zero-order valence-electron chi connectivity index (χ0n) is 9.45. The Kier molecular flexibility index (Phi) is 6.68. The van der Waals surface area contributed by atoms with Crippen LogP contribution in [0.25, 0.3) is 0 Å². The first kappa shape index (κ1) is 17.0. The van der Waals surface area contributed by atoms with Gasteiger partial charge in [0.15, 0.2) is 0 Å². The van der Waals surface area contributed by atoms with Crippen LogP contribution in [0.2, 0.25) is 0 Å². The second kappa shape index (κ2) is 7.45. The molecule has 11 heteroatoms. The van der Waals surface area contributed by atoms with Crippen LogP contribution in [0.3, 0.4) is 0 Å². The van der Waals surface area contributed by atoms with Gasteiger partial charge in [-0.15, -0.1) is 0 Å². The Hall–Kier alpha value is -1.98. The van der Waals surface area contributed by atoms with Crippen molar-refractivity contribution in [2.24, 2.45) is 0 Å². The van der Waals surface area contributed by atoms with E-state index in [0.29, 0.717) is 0 Å². The number of hydrogen-bond acceptors (Lipinski definition) is 5. The summed E-state index contributed by atoms with van der Waals surface area (Å²) in [7, 11) is -4.67. The minimum atomic E-state index is -4.67. The fourth-order valence-electron chi connectivity index (χ4n) is 1.11. The first-order valence-electron chi connectivity index (χ1n) is 4.73. The Morgan fingerprint density at radius 1 is 1.26 bits per heavy atom. The van der Waals surface area contributed by atoms with E-state index in [0.717, 1.165) is 0 Å². The Morgan fingerprint density at radius 3 is 2.11 bits per heavy atom. The van der Waals surface area contributed by atoms with Gasteiger partial charge in [-0.1, -0.05) is 0 Å². The van der Waals surface area contributed by atoms with Gasteiger partial charge in [0.05, 0.1) is 6.33 Å². The standard InChI is InChI=1S/C8H10N2O4.H2O4S/c11-7(12)2-1-6(8(13)14)10-4-3-9-5-10;1-5(2,3)4/h3-6H,1-2H2,(H,11,12)(H,13,14);(H2,1,2,3,4). The Balaban J connectivity index is 0.000000555. The van der Waals surface area contributed by atoms with Gasteiger partial charge in [-0.3, -0.25) is 13.9 Å². The van der Waals surface area contributed by atoms with Crippen LogP contribution in [-0.2, 0) is 20.0 Å². The molecule has 108 valence electrons. The van der Waals surface area contributed by atoms with Crippen molar-refractivity contribution in [1.29, 1.82) is 0 Å². The summed E-state index contributed by atoms with van der Waals surface area (Å²) >= 11 is 0. The molecule has 0 bridgehead atoms. The second-order valence-electron chi connectivity index (χ2n) is 3.24. The molecule has 1 heterocycles. The third-order valence-corrected chi connectivity index (χ3v) is 1.80. The minimum absolute atomic E-state index is 0.0566. The number of aliphatic carboxylic acids is 2. The number of aromatic nitrogens is 2. The zero-order chi connectivity index (χ0) is 15.1. The summed E-state index contributed by atoms with van der Waals surface area (Å²) in [6, 6.07) is -0.853. The number of hydrogen-bond donors (Lipinski definition) is 4. The smallest absolute Gasteiger partial charge is 0.394 e. The summed E-state index contributed by atoms with van der Waals surface area (Å²) in [5, 5.41) is 17.2. The molecule has 0 aromatic carbocycles. The van der Waals surface area contributed by atoms with Crippen molar-refractivity contribution in [3.05, 3.63) is 18.7 Å². The summed E-state index contributed by atoms with van der Waals surface area (Å²) < 4.78 is 33.0. The maximum absolute atomic E-state index is 10.8. The van der Waals surface area contributed by atoms with Gasteiger partial charge in [0.25, 0.3) is 0 Å². The third-order valence-electron chi connectivity index (χ3n) is 1.80. The molecule has 0 saturated heterocycles. The Labute approximate surface area is 107 Å². The lowest BCUT2D eigenvalue weighted by Crippen LogP contribution is -2.18. The van der Waals surface area contributed by atoms with E-state index in [9.17, 15) is 9.59 Å². The van der Waals surface area contributed by atoms with Gasteiger partial charge in [-0.2, -0.15) is 8.42 Å². The van der Waals surface area contributed by atoms with E-state index in [4.69, 9.17) is 27.7 Å². The molecule has 4 N–H and O–H groups in total. The fourth-order valence-corrected chi connectivity index (χ4v) is 1.11. The van der Waals surface area contributed by atoms with E-state index < -0.39 is 28.4 Å². The molecule has 0 radical (unpaired) electrons. The van der Waals surface area contributed by atoms with Crippen LogP contribution < -0.4 is 0 Å². The van der Waals surface area contributed by atoms with E-state index in [1.165, 1.54) is 23.3 Å². The van der Waals surface area contributed by atoms with Gasteiger partial charge in [0.1, 0.15) is 6.04 Å². The molecule has 1 rings (SSSR count). The van der Waals surface area contributed by atoms with Gasteiger partial charge in [-0.05, 0) is 6.42 Å². The average Bonchev–Trinajstić information content (AvgIpc) is 2.67. The summed E-state index contributed by atoms with van der Waals surface area (Å²) in [4.78, 5) is 24.8. The van der Waals surface area contributed by atoms with E-state index in [-0.39, 0.29) is 12.8 Å². The maximum Gasteiger partial charge on any atom is 0.394 e. The molecule has 0 aliphatic heterocycles. The predicted molar refractivity (Wildman–Crippen MR) is 59.9 cm³/mol. The van der Waals surface area contributed by atoms with Crippen LogP contribution >= 0.6 is 0 Å². The summed E-state index contributed by atoms with van der Waals surface area (Å²) in [5.41, 5.74) is 0. The number of carboxylic acid groups (broad SMARTS) is 2. The first-order chi connectivity index (χ1) is 8.61. The van der Waals surface area contributed by atoms with Gasteiger partial charge in [-0.25, -0.2) is 9.78 Å². The van der Waals surface area contributed by atoms with Gasteiger partial charge >= 0.3 is 22.3 Å². The lowest BCUT2D eigenvalue weighted by atomic mass is 10.1. The predicted octanol–water partition coefficient (Wildman–Crippen LogP) is -0.279. The van der Waals surface area contributed by atoms with E-state index in [1.807, 2.05) is 0 Å². The highest BCUT2D eigenvalue weighted by atomic mass is 32.3. The number of rotatable bonds is 5. The first-order valence-corrected chi connectivity index (χ1v) is 6.13. The maximum atomic E-state index is 10.8. The fraction of sp³-hybridized carbons (Fsp3) is 0.375. The van der Waals surface area contributed by atoms with Crippen LogP contribution in [0.4, 0.5) is 0 Å². The number of carboxylic acids is 2. The molecule has 0 amide bonds. The normalized spacial score (nSPS) is 12.1. The summed E-state index contributed by atoms with van der Waals surface area (Å²) in [6.07, 6.45) is 4.20. The third kappa shape index (κ3) is 9.70. The van der Waals surface area contributed by atoms with E-state index in [2.05, 4.69) is 4.98 Å². The van der Waals surface area contributed by atoms with E-state index in [1.54, 1.807) is 0 Å². The average molecular weight is 296 g/mol. The quantitative estimate of drug-likeness (QED) is 0.534. The number of nitrogens with zero attached hydrogens (tertiary/aromatic N) is 2. The zero-order valence-corrected chi connectivity index (χ0v) is 10.3. The highest BCUT2D eigenvalue weighted by Crippen LogP contribution is 2.13. The molecule has 1 unspecified atom stereocenters. The molecule has 0 saturated carbocycles. The van der Waals surface area contributed by atoms with Crippen molar-refractivity contribution in [2.45, 2.75) is 18.9 Å². The van der Waals surface area contributed by atoms with Crippen molar-refractivity contribution in [2.75, 3.05) is 0 Å². The molecule has 0 aliphatic rings. The van der Waals surface area contributed by atoms with Crippen LogP contribution in [0.5, 0.6) is 0 Å². The number of carbonyl (C=O) groups is 2. The number of imidazole rings is 1. The van der Waals surface area contributed by atoms with Crippen LogP contribution in [0.15, 0.2) is 18.7 Å². The molecule has 1 aromatic rings. The molecule has 0 fully saturated rings. The molecule has 19 heavy (non-hydrogen) atoms. The van der Waals surface area contributed by atoms with Crippen molar-refractivity contribution >= 4 is 22.3 Å². The molecule has 1 aromatic heterocycles. The lowest BCUT2D eigenvalue weighted by Gasteiger charge is -2.11. The van der Waals surface area contributed by atoms with Crippen LogP contribution in [-0.4, -0.2) is 49.2 Å². The summed E-state index contributed by atoms with van der Waals surface area (Å²) in [5.74, 6) is -2.05. The van der Waals surface area contributed by atoms with E-state index >= 15 is 0 Å². The molecule has 0 aliphatic carbocycles. The second-order valence-corrected chi connectivity index (χ2v) is 4.14. The minimum Gasteiger partial charge on any atom is -0.481 e. The Morgan fingerprint density at radius 2 is 1.79 bits per heavy atom. The highest BCUT2D eigenvalue weighted by molar-refractivity contribution is 7.79. The molecule has 10 nitrogen and oxygen atoms in total. The molecule has 1 atom stereocenters. The van der Waals surface area contributed by atoms with Gasteiger partial charge in [0, 0.05) is 18.8 Å². The van der Waals surface area contributed by atoms with Gasteiger partial charge < -0.3 is 14.8 Å². The van der Waals surface area contributed by atoms with Crippen molar-refractivity contribution < 1.29 is 37.3 Å². The highest BCUT2D eigenvalue weighted by Gasteiger charge is 2.19. The monoisotopic (exact) mass is 296 g/mol. The van der Waals surface area contributed by atoms with Crippen molar-refractivity contribution in [3.8, 4) is 0 Å². The molecular weight excluding hydrogens is 284 g/mol.